The molecule has 0 saturated heterocycles. The summed E-state index contributed by atoms with van der Waals surface area (Å²) in [6.45, 7) is 0. The first kappa shape index (κ1) is 15.3. The highest BCUT2D eigenvalue weighted by Crippen LogP contribution is 2.16. The van der Waals surface area contributed by atoms with Gasteiger partial charge in [0.05, 0.1) is 6.20 Å². The molecule has 0 bridgehead atoms. The molecule has 0 aliphatic heterocycles. The van der Waals surface area contributed by atoms with E-state index in [4.69, 9.17) is 0 Å². The van der Waals surface area contributed by atoms with Gasteiger partial charge in [0.25, 0.3) is 6.43 Å². The van der Waals surface area contributed by atoms with E-state index in [9.17, 15) is 8.78 Å². The zero-order valence-corrected chi connectivity index (χ0v) is 12.5. The maximum atomic E-state index is 12.4. The summed E-state index contributed by atoms with van der Waals surface area (Å²) < 4.78 is 26.7. The smallest absolute Gasteiger partial charge is 0.280 e. The van der Waals surface area contributed by atoms with Gasteiger partial charge < -0.3 is 24.0 Å². The van der Waals surface area contributed by atoms with E-state index in [1.54, 1.807) is 17.8 Å². The maximum Gasteiger partial charge on any atom is 0.280 e. The summed E-state index contributed by atoms with van der Waals surface area (Å²) in [5.41, 5.74) is 0.579. The molecule has 2 heterocycles. The Morgan fingerprint density at radius 2 is 2.00 bits per heavy atom. The molecule has 0 radical (unpaired) electrons. The highest BCUT2D eigenvalue weighted by molar-refractivity contribution is 7.98. The van der Waals surface area contributed by atoms with E-state index in [1.807, 2.05) is 35.2 Å². The van der Waals surface area contributed by atoms with Gasteiger partial charge in [0.15, 0.2) is 6.20 Å². The fourth-order valence-electron chi connectivity index (χ4n) is 1.48. The highest BCUT2D eigenvalue weighted by Gasteiger charge is 2.14. The van der Waals surface area contributed by atoms with E-state index in [0.29, 0.717) is 0 Å². The first-order chi connectivity index (χ1) is 8.22. The summed E-state index contributed by atoms with van der Waals surface area (Å²) in [5.74, 6) is 0. The Balaban J connectivity index is 0.00000162. The molecule has 0 spiro atoms. The topological polar surface area (TPSA) is 16.8 Å². The minimum Gasteiger partial charge on any atom is -1.00 e. The largest absolute Gasteiger partial charge is 1.00 e. The first-order valence-electron chi connectivity index (χ1n) is 5.01. The number of hydrogen-bond acceptors (Lipinski definition) is 2. The summed E-state index contributed by atoms with van der Waals surface area (Å²) in [5, 5.41) is 1.03. The number of alkyl halides is 2. The van der Waals surface area contributed by atoms with Crippen molar-refractivity contribution < 1.29 is 37.3 Å². The number of pyridine rings is 2. The molecule has 0 fully saturated rings. The average molecular weight is 380 g/mol. The van der Waals surface area contributed by atoms with Crippen LogP contribution in [0.2, 0.25) is 0 Å². The minimum atomic E-state index is -2.52. The van der Waals surface area contributed by atoms with E-state index in [0.717, 1.165) is 10.7 Å². The molecule has 0 saturated carbocycles. The zero-order valence-electron chi connectivity index (χ0n) is 9.56. The fraction of sp³-hybridized carbons (Fsp3) is 0.167. The predicted molar refractivity (Wildman–Crippen MR) is 62.5 cm³/mol. The SMILES string of the molecule is CSc1cccc[n+]1-c1ccc(C(F)F)nc1.[I-]. The van der Waals surface area contributed by atoms with Crippen LogP contribution in [0.15, 0.2) is 47.8 Å². The average Bonchev–Trinajstić information content (AvgIpc) is 2.39. The van der Waals surface area contributed by atoms with Crippen LogP contribution in [0.25, 0.3) is 5.69 Å². The Bertz CT molecular complexity index is 506. The van der Waals surface area contributed by atoms with Crippen LogP contribution in [0.4, 0.5) is 8.78 Å². The van der Waals surface area contributed by atoms with E-state index in [2.05, 4.69) is 4.98 Å². The summed E-state index contributed by atoms with van der Waals surface area (Å²) in [6, 6.07) is 8.79. The van der Waals surface area contributed by atoms with E-state index < -0.39 is 6.43 Å². The van der Waals surface area contributed by atoms with Gasteiger partial charge >= 0.3 is 0 Å². The lowest BCUT2D eigenvalue weighted by atomic mass is 10.3. The van der Waals surface area contributed by atoms with Crippen molar-refractivity contribution in [3.63, 3.8) is 0 Å². The molecule has 2 rings (SSSR count). The molecule has 18 heavy (non-hydrogen) atoms. The van der Waals surface area contributed by atoms with Crippen LogP contribution in [0.5, 0.6) is 0 Å². The summed E-state index contributed by atoms with van der Waals surface area (Å²) in [7, 11) is 0. The molecule has 0 amide bonds. The lowest BCUT2D eigenvalue weighted by Crippen LogP contribution is -3.00. The molecule has 0 aliphatic rings. The molecular formula is C12H11F2IN2S. The lowest BCUT2D eigenvalue weighted by Gasteiger charge is -2.01. The molecule has 0 aromatic carbocycles. The second-order valence-corrected chi connectivity index (χ2v) is 4.18. The summed E-state index contributed by atoms with van der Waals surface area (Å²) in [4.78, 5) is 3.75. The number of hydrogen-bond donors (Lipinski definition) is 0. The third-order valence-electron chi connectivity index (χ3n) is 2.30. The first-order valence-corrected chi connectivity index (χ1v) is 6.24. The molecular weight excluding hydrogens is 369 g/mol. The fourth-order valence-corrected chi connectivity index (χ4v) is 2.05. The Labute approximate surface area is 125 Å². The quantitative estimate of drug-likeness (QED) is 0.425. The standard InChI is InChI=1S/C12H11F2N2S.HI/c1-17-11-4-2-3-7-16(11)9-5-6-10(12(13)14)15-8-9;/h2-8,12H,1H3;1H/q+1;/p-1. The van der Waals surface area contributed by atoms with Gasteiger partial charge in [-0.3, -0.25) is 0 Å². The highest BCUT2D eigenvalue weighted by atomic mass is 127. The van der Waals surface area contributed by atoms with Crippen LogP contribution < -0.4 is 28.5 Å². The van der Waals surface area contributed by atoms with Crippen LogP contribution in [0.3, 0.4) is 0 Å². The van der Waals surface area contributed by atoms with Crippen molar-refractivity contribution in [3.05, 3.63) is 48.4 Å². The Morgan fingerprint density at radius 3 is 2.56 bits per heavy atom. The van der Waals surface area contributed by atoms with Crippen LogP contribution in [-0.4, -0.2) is 11.2 Å². The molecule has 2 nitrogen and oxygen atoms in total. The minimum absolute atomic E-state index is 0. The third kappa shape index (κ3) is 3.38. The van der Waals surface area contributed by atoms with Gasteiger partial charge in [0.2, 0.25) is 10.7 Å². The number of thioether (sulfide) groups is 1. The van der Waals surface area contributed by atoms with Crippen molar-refractivity contribution in [1.82, 2.24) is 4.98 Å². The summed E-state index contributed by atoms with van der Waals surface area (Å²) >= 11 is 1.59. The van der Waals surface area contributed by atoms with Gasteiger partial charge in [-0.25, -0.2) is 13.8 Å². The van der Waals surface area contributed by atoms with Gasteiger partial charge in [-0.15, -0.1) is 0 Å². The van der Waals surface area contributed by atoms with Gasteiger partial charge in [0, 0.05) is 18.2 Å². The number of aromatic nitrogens is 2. The maximum absolute atomic E-state index is 12.4. The molecule has 0 unspecified atom stereocenters. The molecule has 2 aromatic heterocycles. The molecule has 96 valence electrons. The number of nitrogens with zero attached hydrogens (tertiary/aromatic N) is 2. The monoisotopic (exact) mass is 380 g/mol. The number of rotatable bonds is 3. The lowest BCUT2D eigenvalue weighted by molar-refractivity contribution is -0.636. The van der Waals surface area contributed by atoms with Crippen molar-refractivity contribution in [1.29, 1.82) is 0 Å². The van der Waals surface area contributed by atoms with E-state index >= 15 is 0 Å². The van der Waals surface area contributed by atoms with Crippen molar-refractivity contribution in [2.75, 3.05) is 6.26 Å². The van der Waals surface area contributed by atoms with Crippen LogP contribution >= 0.6 is 11.8 Å². The molecule has 0 aliphatic carbocycles. The predicted octanol–water partition coefficient (Wildman–Crippen LogP) is 0.0218. The van der Waals surface area contributed by atoms with Crippen molar-refractivity contribution >= 4 is 11.8 Å². The van der Waals surface area contributed by atoms with Crippen molar-refractivity contribution in [2.45, 2.75) is 11.5 Å². The van der Waals surface area contributed by atoms with E-state index in [1.165, 1.54) is 12.3 Å². The molecule has 0 atom stereocenters. The van der Waals surface area contributed by atoms with Crippen LogP contribution in [0.1, 0.15) is 12.1 Å². The van der Waals surface area contributed by atoms with Gasteiger partial charge in [-0.2, -0.15) is 4.57 Å². The van der Waals surface area contributed by atoms with Gasteiger partial charge in [-0.05, 0) is 18.4 Å². The van der Waals surface area contributed by atoms with Crippen LogP contribution in [0, 0.1) is 0 Å². The zero-order chi connectivity index (χ0) is 12.3. The van der Waals surface area contributed by atoms with Crippen LogP contribution in [-0.2, 0) is 0 Å². The Hall–Kier alpha value is -0.760. The van der Waals surface area contributed by atoms with Gasteiger partial charge in [0.1, 0.15) is 5.69 Å². The Morgan fingerprint density at radius 1 is 1.22 bits per heavy atom. The Kier molecular flexibility index (Phi) is 5.94. The van der Waals surface area contributed by atoms with Crippen molar-refractivity contribution in [2.24, 2.45) is 0 Å². The molecule has 2 aromatic rings. The normalized spacial score (nSPS) is 10.2. The second kappa shape index (κ2) is 6.98. The molecule has 6 heteroatoms. The van der Waals surface area contributed by atoms with Crippen molar-refractivity contribution in [3.8, 4) is 5.69 Å². The molecule has 0 N–H and O–H groups in total. The second-order valence-electron chi connectivity index (χ2n) is 3.35. The van der Waals surface area contributed by atoms with E-state index in [-0.39, 0.29) is 29.7 Å². The van der Waals surface area contributed by atoms with Gasteiger partial charge in [-0.1, -0.05) is 11.8 Å². The summed E-state index contributed by atoms with van der Waals surface area (Å²) in [6.07, 6.45) is 2.78. The number of halogens is 3. The third-order valence-corrected chi connectivity index (χ3v) is 3.06.